The summed E-state index contributed by atoms with van der Waals surface area (Å²) in [5, 5.41) is 7.11. The number of hydrogen-bond acceptors (Lipinski definition) is 2. The molecule has 2 heteroatoms. The average molecular weight is 588 g/mol. The molecule has 0 unspecified atom stereocenters. The molecule has 1 heterocycles. The third-order valence-electron chi connectivity index (χ3n) is 9.00. The van der Waals surface area contributed by atoms with E-state index in [4.69, 9.17) is 4.42 Å². The van der Waals surface area contributed by atoms with Crippen LogP contribution in [0.2, 0.25) is 0 Å². The van der Waals surface area contributed by atoms with Crippen LogP contribution < -0.4 is 4.90 Å². The maximum absolute atomic E-state index is 6.27. The molecule has 9 aromatic rings. The number of hydrogen-bond donors (Lipinski definition) is 0. The minimum absolute atomic E-state index is 0.905. The molecule has 0 bridgehead atoms. The molecule has 0 aliphatic heterocycles. The van der Waals surface area contributed by atoms with Crippen LogP contribution in [0.1, 0.15) is 0 Å². The van der Waals surface area contributed by atoms with E-state index in [0.29, 0.717) is 0 Å². The molecule has 0 fully saturated rings. The molecule has 0 amide bonds. The van der Waals surface area contributed by atoms with Crippen LogP contribution in [-0.4, -0.2) is 0 Å². The number of fused-ring (bicyclic) bond motifs is 5. The Morgan fingerprint density at radius 3 is 1.83 bits per heavy atom. The van der Waals surface area contributed by atoms with Crippen molar-refractivity contribution in [3.63, 3.8) is 0 Å². The Balaban J connectivity index is 1.19. The van der Waals surface area contributed by atoms with E-state index in [1.165, 1.54) is 38.4 Å². The fourth-order valence-corrected chi connectivity index (χ4v) is 6.67. The van der Waals surface area contributed by atoms with Gasteiger partial charge in [0.1, 0.15) is 11.2 Å². The largest absolute Gasteiger partial charge is 0.456 e. The van der Waals surface area contributed by atoms with Gasteiger partial charge in [0.15, 0.2) is 0 Å². The van der Waals surface area contributed by atoms with E-state index in [1.54, 1.807) is 0 Å². The van der Waals surface area contributed by atoms with Gasteiger partial charge < -0.3 is 9.32 Å². The standard InChI is InChI=1S/C44H29NO/c1-2-9-30(10-3-1)32-19-22-38(23-20-32)45(39-14-8-13-34(26-39)35-18-17-31-11-4-5-12-33(31)25-35)40-24-21-36-28-42-41-15-6-7-16-43(41)46-44(42)29-37(36)27-40/h1-29H. The molecule has 0 spiro atoms. The van der Waals surface area contributed by atoms with Gasteiger partial charge >= 0.3 is 0 Å². The third-order valence-corrected chi connectivity index (χ3v) is 9.00. The molecule has 0 aliphatic rings. The molecule has 0 N–H and O–H groups in total. The summed E-state index contributed by atoms with van der Waals surface area (Å²) in [6.45, 7) is 0. The summed E-state index contributed by atoms with van der Waals surface area (Å²) in [6, 6.07) is 62.9. The molecule has 0 aliphatic carbocycles. The molecule has 216 valence electrons. The number of rotatable bonds is 5. The zero-order valence-electron chi connectivity index (χ0n) is 25.1. The van der Waals surface area contributed by atoms with Crippen molar-refractivity contribution in [3.05, 3.63) is 176 Å². The maximum Gasteiger partial charge on any atom is 0.136 e. The van der Waals surface area contributed by atoms with E-state index in [1.807, 2.05) is 12.1 Å². The van der Waals surface area contributed by atoms with Crippen LogP contribution in [0.15, 0.2) is 180 Å². The van der Waals surface area contributed by atoms with Gasteiger partial charge in [-0.05, 0) is 104 Å². The monoisotopic (exact) mass is 587 g/mol. The second kappa shape index (κ2) is 10.8. The summed E-state index contributed by atoms with van der Waals surface area (Å²) in [6.07, 6.45) is 0. The molecule has 2 nitrogen and oxygen atoms in total. The van der Waals surface area contributed by atoms with E-state index in [2.05, 4.69) is 169 Å². The zero-order valence-corrected chi connectivity index (χ0v) is 25.1. The summed E-state index contributed by atoms with van der Waals surface area (Å²) in [5.41, 5.74) is 9.89. The lowest BCUT2D eigenvalue weighted by Crippen LogP contribution is -2.10. The Kier molecular flexibility index (Phi) is 6.17. The van der Waals surface area contributed by atoms with Gasteiger partial charge in [0, 0.05) is 27.8 Å². The normalized spacial score (nSPS) is 11.5. The number of benzene rings is 8. The van der Waals surface area contributed by atoms with Gasteiger partial charge in [0.2, 0.25) is 0 Å². The smallest absolute Gasteiger partial charge is 0.136 e. The van der Waals surface area contributed by atoms with Crippen LogP contribution in [0, 0.1) is 0 Å². The third kappa shape index (κ3) is 4.60. The van der Waals surface area contributed by atoms with E-state index in [9.17, 15) is 0 Å². The van der Waals surface area contributed by atoms with Crippen molar-refractivity contribution in [2.75, 3.05) is 4.90 Å². The Morgan fingerprint density at radius 2 is 0.935 bits per heavy atom. The first kappa shape index (κ1) is 26.3. The van der Waals surface area contributed by atoms with Crippen molar-refractivity contribution < 1.29 is 4.42 Å². The lowest BCUT2D eigenvalue weighted by atomic mass is 10.00. The molecule has 46 heavy (non-hydrogen) atoms. The number of para-hydroxylation sites is 1. The second-order valence-corrected chi connectivity index (χ2v) is 11.8. The van der Waals surface area contributed by atoms with E-state index in [-0.39, 0.29) is 0 Å². The van der Waals surface area contributed by atoms with Crippen LogP contribution in [0.3, 0.4) is 0 Å². The van der Waals surface area contributed by atoms with Crippen molar-refractivity contribution >= 4 is 60.5 Å². The fourth-order valence-electron chi connectivity index (χ4n) is 6.67. The van der Waals surface area contributed by atoms with Crippen LogP contribution >= 0.6 is 0 Å². The minimum atomic E-state index is 0.905. The SMILES string of the molecule is c1ccc(-c2ccc(N(c3cccc(-c4ccc5ccccc5c4)c3)c3ccc4cc5c(cc4c3)oc3ccccc35)cc2)cc1. The van der Waals surface area contributed by atoms with Gasteiger partial charge in [-0.25, -0.2) is 0 Å². The first-order chi connectivity index (χ1) is 22.8. The van der Waals surface area contributed by atoms with Gasteiger partial charge in [-0.15, -0.1) is 0 Å². The molecule has 0 saturated carbocycles. The lowest BCUT2D eigenvalue weighted by Gasteiger charge is -2.26. The zero-order chi connectivity index (χ0) is 30.5. The van der Waals surface area contributed by atoms with Gasteiger partial charge in [-0.3, -0.25) is 0 Å². The van der Waals surface area contributed by atoms with Crippen LogP contribution in [0.4, 0.5) is 17.1 Å². The van der Waals surface area contributed by atoms with Gasteiger partial charge in [0.25, 0.3) is 0 Å². The molecule has 9 rings (SSSR count). The van der Waals surface area contributed by atoms with Crippen LogP contribution in [0.25, 0.3) is 65.7 Å². The van der Waals surface area contributed by atoms with Crippen molar-refractivity contribution in [2.45, 2.75) is 0 Å². The first-order valence-corrected chi connectivity index (χ1v) is 15.7. The highest BCUT2D eigenvalue weighted by atomic mass is 16.3. The Hall–Kier alpha value is -6.12. The predicted octanol–water partition coefficient (Wildman–Crippen LogP) is 12.7. The predicted molar refractivity (Wildman–Crippen MR) is 194 cm³/mol. The summed E-state index contributed by atoms with van der Waals surface area (Å²) in [4.78, 5) is 2.35. The highest BCUT2D eigenvalue weighted by molar-refractivity contribution is 6.10. The molecule has 0 atom stereocenters. The highest BCUT2D eigenvalue weighted by Crippen LogP contribution is 2.40. The number of nitrogens with zero attached hydrogens (tertiary/aromatic N) is 1. The molecule has 0 radical (unpaired) electrons. The summed E-state index contributed by atoms with van der Waals surface area (Å²) in [5.74, 6) is 0. The Morgan fingerprint density at radius 1 is 0.304 bits per heavy atom. The highest BCUT2D eigenvalue weighted by Gasteiger charge is 2.16. The molecule has 1 aromatic heterocycles. The summed E-state index contributed by atoms with van der Waals surface area (Å²) >= 11 is 0. The first-order valence-electron chi connectivity index (χ1n) is 15.7. The summed E-state index contributed by atoms with van der Waals surface area (Å²) in [7, 11) is 0. The molecular weight excluding hydrogens is 558 g/mol. The van der Waals surface area contributed by atoms with Crippen molar-refractivity contribution in [1.82, 2.24) is 0 Å². The van der Waals surface area contributed by atoms with E-state index < -0.39 is 0 Å². The molecule has 8 aromatic carbocycles. The summed E-state index contributed by atoms with van der Waals surface area (Å²) < 4.78 is 6.27. The average Bonchev–Trinajstić information content (AvgIpc) is 3.48. The number of furan rings is 1. The van der Waals surface area contributed by atoms with Crippen LogP contribution in [0.5, 0.6) is 0 Å². The van der Waals surface area contributed by atoms with Crippen LogP contribution in [-0.2, 0) is 0 Å². The quantitative estimate of drug-likeness (QED) is 0.199. The van der Waals surface area contributed by atoms with Gasteiger partial charge in [0.05, 0.1) is 0 Å². The number of anilines is 3. The maximum atomic E-state index is 6.27. The van der Waals surface area contributed by atoms with Crippen molar-refractivity contribution in [3.8, 4) is 22.3 Å². The van der Waals surface area contributed by atoms with Crippen molar-refractivity contribution in [1.29, 1.82) is 0 Å². The van der Waals surface area contributed by atoms with Gasteiger partial charge in [-0.1, -0.05) is 115 Å². The fraction of sp³-hybridized carbons (Fsp3) is 0. The van der Waals surface area contributed by atoms with Crippen molar-refractivity contribution in [2.24, 2.45) is 0 Å². The Bertz CT molecular complexity index is 2530. The van der Waals surface area contributed by atoms with Gasteiger partial charge in [-0.2, -0.15) is 0 Å². The topological polar surface area (TPSA) is 16.4 Å². The minimum Gasteiger partial charge on any atom is -0.456 e. The Labute approximate surface area is 267 Å². The molecular formula is C44H29NO. The second-order valence-electron chi connectivity index (χ2n) is 11.8. The molecule has 0 saturated heterocycles. The lowest BCUT2D eigenvalue weighted by molar-refractivity contribution is 0.669. The van der Waals surface area contributed by atoms with E-state index >= 15 is 0 Å². The van der Waals surface area contributed by atoms with E-state index in [0.717, 1.165) is 44.4 Å².